The fourth-order valence-corrected chi connectivity index (χ4v) is 2.40. The Kier molecular flexibility index (Phi) is 3.76. The van der Waals surface area contributed by atoms with E-state index >= 15 is 0 Å². The molecular weight excluding hydrogens is 294 g/mol. The van der Waals surface area contributed by atoms with Crippen molar-refractivity contribution in [1.29, 1.82) is 0 Å². The van der Waals surface area contributed by atoms with Crippen molar-refractivity contribution in [2.24, 2.45) is 0 Å². The lowest BCUT2D eigenvalue weighted by Gasteiger charge is -2.10. The highest BCUT2D eigenvalue weighted by molar-refractivity contribution is 5.95. The Morgan fingerprint density at radius 1 is 1.17 bits per heavy atom. The summed E-state index contributed by atoms with van der Waals surface area (Å²) in [4.78, 5) is 19.2. The van der Waals surface area contributed by atoms with Gasteiger partial charge in [-0.2, -0.15) is 0 Å². The number of fused-ring (bicyclic) bond motifs is 1. The van der Waals surface area contributed by atoms with Crippen LogP contribution in [0.1, 0.15) is 5.56 Å². The van der Waals surface area contributed by atoms with Crippen LogP contribution in [0.25, 0.3) is 10.9 Å². The molecule has 0 aliphatic carbocycles. The number of nitrogens with one attached hydrogen (secondary N) is 2. The first-order valence-corrected chi connectivity index (χ1v) is 7.03. The van der Waals surface area contributed by atoms with Crippen molar-refractivity contribution in [3.63, 3.8) is 0 Å². The smallest absolute Gasteiger partial charge is 0.293 e. The molecule has 1 heterocycles. The van der Waals surface area contributed by atoms with Crippen molar-refractivity contribution in [1.82, 2.24) is 9.97 Å². The third-order valence-corrected chi connectivity index (χ3v) is 3.50. The van der Waals surface area contributed by atoms with Crippen molar-refractivity contribution < 1.29 is 4.92 Å². The molecule has 3 rings (SSSR count). The van der Waals surface area contributed by atoms with Crippen LogP contribution in [0.15, 0.2) is 42.7 Å². The molecular formula is C16H15N5O2. The number of anilines is 3. The van der Waals surface area contributed by atoms with Crippen LogP contribution >= 0.6 is 0 Å². The summed E-state index contributed by atoms with van der Waals surface area (Å²) in [5.74, 6) is 0.534. The van der Waals surface area contributed by atoms with E-state index in [4.69, 9.17) is 0 Å². The number of nitro benzene ring substituents is 1. The Balaban J connectivity index is 2.13. The van der Waals surface area contributed by atoms with Crippen LogP contribution in [0.4, 0.5) is 22.9 Å². The lowest BCUT2D eigenvalue weighted by Crippen LogP contribution is -2.00. The van der Waals surface area contributed by atoms with E-state index in [0.717, 1.165) is 11.3 Å². The van der Waals surface area contributed by atoms with E-state index in [1.807, 2.05) is 31.2 Å². The molecule has 116 valence electrons. The molecule has 0 aliphatic heterocycles. The fourth-order valence-electron chi connectivity index (χ4n) is 2.40. The maximum Gasteiger partial charge on any atom is 0.293 e. The quantitative estimate of drug-likeness (QED) is 0.564. The second-order valence-electron chi connectivity index (χ2n) is 5.11. The highest BCUT2D eigenvalue weighted by Crippen LogP contribution is 2.32. The summed E-state index contributed by atoms with van der Waals surface area (Å²) in [5, 5.41) is 17.9. The molecule has 0 saturated carbocycles. The fraction of sp³-hybridized carbons (Fsp3) is 0.125. The first-order chi connectivity index (χ1) is 11.1. The maximum atomic E-state index is 11.2. The Hall–Kier alpha value is -3.22. The molecule has 0 atom stereocenters. The second kappa shape index (κ2) is 5.88. The van der Waals surface area contributed by atoms with Crippen LogP contribution in [-0.4, -0.2) is 21.9 Å². The molecule has 7 heteroatoms. The molecule has 0 amide bonds. The molecule has 0 aliphatic rings. The number of hydrogen-bond donors (Lipinski definition) is 2. The van der Waals surface area contributed by atoms with Gasteiger partial charge in [0.15, 0.2) is 0 Å². The topological polar surface area (TPSA) is 93.0 Å². The third-order valence-electron chi connectivity index (χ3n) is 3.50. The molecule has 23 heavy (non-hydrogen) atoms. The van der Waals surface area contributed by atoms with Gasteiger partial charge in [0, 0.05) is 24.2 Å². The van der Waals surface area contributed by atoms with E-state index in [-0.39, 0.29) is 5.69 Å². The summed E-state index contributed by atoms with van der Waals surface area (Å²) >= 11 is 0. The predicted molar refractivity (Wildman–Crippen MR) is 90.2 cm³/mol. The monoisotopic (exact) mass is 309 g/mol. The summed E-state index contributed by atoms with van der Waals surface area (Å²) in [6.45, 7) is 1.99. The van der Waals surface area contributed by atoms with E-state index in [9.17, 15) is 10.1 Å². The average Bonchev–Trinajstić information content (AvgIpc) is 2.54. The summed E-state index contributed by atoms with van der Waals surface area (Å²) in [5.41, 5.74) is 3.01. The van der Waals surface area contributed by atoms with Gasteiger partial charge in [0.1, 0.15) is 17.8 Å². The van der Waals surface area contributed by atoms with Crippen LogP contribution in [0.2, 0.25) is 0 Å². The summed E-state index contributed by atoms with van der Waals surface area (Å²) < 4.78 is 0. The molecule has 1 aromatic heterocycles. The molecule has 0 radical (unpaired) electrons. The van der Waals surface area contributed by atoms with E-state index in [1.165, 1.54) is 12.4 Å². The first kappa shape index (κ1) is 14.7. The normalized spacial score (nSPS) is 10.5. The van der Waals surface area contributed by atoms with Crippen LogP contribution in [0, 0.1) is 17.0 Å². The molecule has 0 unspecified atom stereocenters. The van der Waals surface area contributed by atoms with Gasteiger partial charge < -0.3 is 10.6 Å². The van der Waals surface area contributed by atoms with Gasteiger partial charge in [0.2, 0.25) is 0 Å². The van der Waals surface area contributed by atoms with Crippen LogP contribution in [0.3, 0.4) is 0 Å². The van der Waals surface area contributed by atoms with E-state index in [0.29, 0.717) is 22.4 Å². The third kappa shape index (κ3) is 2.89. The number of hydrogen-bond acceptors (Lipinski definition) is 6. The Morgan fingerprint density at radius 2 is 2.00 bits per heavy atom. The molecule has 2 aromatic carbocycles. The highest BCUT2D eigenvalue weighted by Gasteiger charge is 2.17. The van der Waals surface area contributed by atoms with Gasteiger partial charge in [0.05, 0.1) is 10.4 Å². The van der Waals surface area contributed by atoms with E-state index < -0.39 is 4.92 Å². The van der Waals surface area contributed by atoms with Gasteiger partial charge in [0.25, 0.3) is 5.69 Å². The number of rotatable bonds is 4. The first-order valence-electron chi connectivity index (χ1n) is 7.03. The second-order valence-corrected chi connectivity index (χ2v) is 5.11. The zero-order valence-corrected chi connectivity index (χ0v) is 12.7. The zero-order valence-electron chi connectivity index (χ0n) is 12.7. The van der Waals surface area contributed by atoms with Crippen molar-refractivity contribution in [2.45, 2.75) is 6.92 Å². The van der Waals surface area contributed by atoms with Gasteiger partial charge in [-0.15, -0.1) is 0 Å². The Morgan fingerprint density at radius 3 is 2.70 bits per heavy atom. The summed E-state index contributed by atoms with van der Waals surface area (Å²) in [7, 11) is 1.64. The standard InChI is InChI=1S/C16H15N5O2/c1-10-4-3-5-11(6-10)20-16-12-7-15(21(22)23)14(17-2)8-13(12)18-9-19-16/h3-9,17H,1-2H3,(H,18,19,20). The highest BCUT2D eigenvalue weighted by atomic mass is 16.6. The molecule has 0 saturated heterocycles. The summed E-state index contributed by atoms with van der Waals surface area (Å²) in [6.07, 6.45) is 1.44. The van der Waals surface area contributed by atoms with Crippen LogP contribution in [-0.2, 0) is 0 Å². The predicted octanol–water partition coefficient (Wildman–Crippen LogP) is 3.63. The zero-order chi connectivity index (χ0) is 16.4. The van der Waals surface area contributed by atoms with Gasteiger partial charge in [-0.1, -0.05) is 12.1 Å². The lowest BCUT2D eigenvalue weighted by molar-refractivity contribution is -0.383. The Bertz CT molecular complexity index is 895. The van der Waals surface area contributed by atoms with Crippen LogP contribution in [0.5, 0.6) is 0 Å². The maximum absolute atomic E-state index is 11.2. The number of nitrogens with zero attached hydrogens (tertiary/aromatic N) is 3. The summed E-state index contributed by atoms with van der Waals surface area (Å²) in [6, 6.07) is 11.0. The van der Waals surface area contributed by atoms with Crippen molar-refractivity contribution in [3.8, 4) is 0 Å². The van der Waals surface area contributed by atoms with Gasteiger partial charge >= 0.3 is 0 Å². The van der Waals surface area contributed by atoms with Crippen molar-refractivity contribution >= 4 is 33.8 Å². The SMILES string of the molecule is CNc1cc2ncnc(Nc3cccc(C)c3)c2cc1[N+](=O)[O-]. The molecule has 0 fully saturated rings. The molecule has 2 N–H and O–H groups in total. The molecule has 0 spiro atoms. The number of aromatic nitrogens is 2. The number of nitro groups is 1. The average molecular weight is 309 g/mol. The molecule has 0 bridgehead atoms. The minimum Gasteiger partial charge on any atom is -0.383 e. The Labute approximate surface area is 132 Å². The van der Waals surface area contributed by atoms with Gasteiger partial charge in [-0.3, -0.25) is 10.1 Å². The van der Waals surface area contributed by atoms with Crippen molar-refractivity contribution in [2.75, 3.05) is 17.7 Å². The number of aryl methyl sites for hydroxylation is 1. The largest absolute Gasteiger partial charge is 0.383 e. The number of benzene rings is 2. The lowest BCUT2D eigenvalue weighted by atomic mass is 10.1. The van der Waals surface area contributed by atoms with Gasteiger partial charge in [-0.05, 0) is 30.7 Å². The van der Waals surface area contributed by atoms with E-state index in [2.05, 4.69) is 20.6 Å². The molecule has 7 nitrogen and oxygen atoms in total. The van der Waals surface area contributed by atoms with Gasteiger partial charge in [-0.25, -0.2) is 9.97 Å². The molecule has 3 aromatic rings. The van der Waals surface area contributed by atoms with E-state index in [1.54, 1.807) is 13.1 Å². The minimum atomic E-state index is -0.422. The van der Waals surface area contributed by atoms with Crippen LogP contribution < -0.4 is 10.6 Å². The minimum absolute atomic E-state index is 0.0120. The van der Waals surface area contributed by atoms with Crippen molar-refractivity contribution in [3.05, 3.63) is 58.4 Å².